The van der Waals surface area contributed by atoms with Gasteiger partial charge in [0.1, 0.15) is 5.82 Å². The van der Waals surface area contributed by atoms with Gasteiger partial charge in [0.2, 0.25) is 5.91 Å². The number of piperidine rings is 1. The minimum absolute atomic E-state index is 0.0123. The second-order valence-electron chi connectivity index (χ2n) is 6.62. The van der Waals surface area contributed by atoms with Crippen LogP contribution in [0.4, 0.5) is 4.39 Å². The number of amides is 2. The zero-order valence-corrected chi connectivity index (χ0v) is 16.6. The van der Waals surface area contributed by atoms with Crippen LogP contribution in [0.25, 0.3) is 0 Å². The van der Waals surface area contributed by atoms with Crippen molar-refractivity contribution in [1.82, 2.24) is 15.2 Å². The van der Waals surface area contributed by atoms with Crippen molar-refractivity contribution >= 4 is 34.8 Å². The standard InChI is InChI=1S/C19H21ClFN3O2S/c1-12(25)22-7-6-15-11-27-18(23-15)13-3-2-8-24(10-13)19(26)16-9-14(20)4-5-17(16)21/h4-5,9,11,13H,2-3,6-8,10H2,1H3,(H,22,25)/t13-/m0/s1. The molecule has 0 aliphatic carbocycles. The average molecular weight is 410 g/mol. The molecule has 5 nitrogen and oxygen atoms in total. The molecule has 1 aromatic carbocycles. The minimum Gasteiger partial charge on any atom is -0.356 e. The van der Waals surface area contributed by atoms with Gasteiger partial charge in [0.25, 0.3) is 5.91 Å². The molecule has 1 aliphatic heterocycles. The summed E-state index contributed by atoms with van der Waals surface area (Å²) in [6.45, 7) is 3.16. The molecule has 2 aromatic rings. The zero-order valence-electron chi connectivity index (χ0n) is 15.0. The predicted octanol–water partition coefficient (Wildman–Crippen LogP) is 3.63. The fourth-order valence-corrected chi connectivity index (χ4v) is 4.34. The highest BCUT2D eigenvalue weighted by molar-refractivity contribution is 7.09. The maximum Gasteiger partial charge on any atom is 0.256 e. The van der Waals surface area contributed by atoms with Crippen molar-refractivity contribution < 1.29 is 14.0 Å². The maximum atomic E-state index is 14.0. The molecule has 0 radical (unpaired) electrons. The van der Waals surface area contributed by atoms with Crippen molar-refractivity contribution in [2.75, 3.05) is 19.6 Å². The van der Waals surface area contributed by atoms with Gasteiger partial charge in [-0.2, -0.15) is 0 Å². The van der Waals surface area contributed by atoms with Crippen molar-refractivity contribution in [3.63, 3.8) is 0 Å². The number of carbonyl (C=O) groups is 2. The van der Waals surface area contributed by atoms with Crippen LogP contribution >= 0.6 is 22.9 Å². The highest BCUT2D eigenvalue weighted by Crippen LogP contribution is 2.30. The smallest absolute Gasteiger partial charge is 0.256 e. The molecule has 0 spiro atoms. The lowest BCUT2D eigenvalue weighted by Gasteiger charge is -2.32. The molecule has 2 heterocycles. The first-order chi connectivity index (χ1) is 12.9. The summed E-state index contributed by atoms with van der Waals surface area (Å²) in [5, 5.41) is 6.08. The lowest BCUT2D eigenvalue weighted by molar-refractivity contribution is -0.118. The summed E-state index contributed by atoms with van der Waals surface area (Å²) in [4.78, 5) is 30.0. The third-order valence-electron chi connectivity index (χ3n) is 4.54. The summed E-state index contributed by atoms with van der Waals surface area (Å²) in [6, 6.07) is 4.04. The maximum absolute atomic E-state index is 14.0. The van der Waals surface area contributed by atoms with E-state index in [1.807, 2.05) is 5.38 Å². The summed E-state index contributed by atoms with van der Waals surface area (Å²) in [5.74, 6) is -0.798. The Morgan fingerprint density at radius 2 is 2.26 bits per heavy atom. The Labute approximate surface area is 166 Å². The van der Waals surface area contributed by atoms with Gasteiger partial charge in [-0.3, -0.25) is 9.59 Å². The molecule has 8 heteroatoms. The first kappa shape index (κ1) is 19.8. The highest BCUT2D eigenvalue weighted by Gasteiger charge is 2.28. The molecule has 0 bridgehead atoms. The van der Waals surface area contributed by atoms with Crippen LogP contribution in [0.5, 0.6) is 0 Å². The lowest BCUT2D eigenvalue weighted by Crippen LogP contribution is -2.39. The van der Waals surface area contributed by atoms with Crippen LogP contribution in [0.2, 0.25) is 5.02 Å². The summed E-state index contributed by atoms with van der Waals surface area (Å²) in [6.07, 6.45) is 2.47. The average Bonchev–Trinajstić information content (AvgIpc) is 3.12. The summed E-state index contributed by atoms with van der Waals surface area (Å²) >= 11 is 7.49. The quantitative estimate of drug-likeness (QED) is 0.820. The van der Waals surface area contributed by atoms with Gasteiger partial charge in [-0.1, -0.05) is 11.6 Å². The van der Waals surface area contributed by atoms with Gasteiger partial charge in [0.15, 0.2) is 0 Å². The largest absolute Gasteiger partial charge is 0.356 e. The topological polar surface area (TPSA) is 62.3 Å². The van der Waals surface area contributed by atoms with E-state index in [1.54, 1.807) is 16.2 Å². The van der Waals surface area contributed by atoms with E-state index in [-0.39, 0.29) is 23.3 Å². The summed E-state index contributed by atoms with van der Waals surface area (Å²) < 4.78 is 14.0. The van der Waals surface area contributed by atoms with Crippen molar-refractivity contribution in [2.24, 2.45) is 0 Å². The Morgan fingerprint density at radius 3 is 3.04 bits per heavy atom. The molecule has 1 saturated heterocycles. The van der Waals surface area contributed by atoms with Gasteiger partial charge in [-0.25, -0.2) is 9.37 Å². The number of halogens is 2. The Morgan fingerprint density at radius 1 is 1.44 bits per heavy atom. The van der Waals surface area contributed by atoms with Crippen LogP contribution in [0.15, 0.2) is 23.6 Å². The van der Waals surface area contributed by atoms with Crippen molar-refractivity contribution in [2.45, 2.75) is 32.1 Å². The molecule has 1 aromatic heterocycles. The monoisotopic (exact) mass is 409 g/mol. The second-order valence-corrected chi connectivity index (χ2v) is 7.95. The van der Waals surface area contributed by atoms with Gasteiger partial charge < -0.3 is 10.2 Å². The van der Waals surface area contributed by atoms with E-state index in [9.17, 15) is 14.0 Å². The lowest BCUT2D eigenvalue weighted by atomic mass is 9.98. The van der Waals surface area contributed by atoms with Crippen LogP contribution < -0.4 is 5.32 Å². The Bertz CT molecular complexity index is 842. The van der Waals surface area contributed by atoms with Crippen LogP contribution in [-0.2, 0) is 11.2 Å². The predicted molar refractivity (Wildman–Crippen MR) is 104 cm³/mol. The van der Waals surface area contributed by atoms with E-state index in [0.717, 1.165) is 23.5 Å². The SMILES string of the molecule is CC(=O)NCCc1csc([C@H]2CCCN(C(=O)c3cc(Cl)ccc3F)C2)n1. The molecular formula is C19H21ClFN3O2S. The molecule has 1 N–H and O–H groups in total. The van der Waals surface area contributed by atoms with E-state index < -0.39 is 5.82 Å². The molecule has 3 rings (SSSR count). The first-order valence-electron chi connectivity index (χ1n) is 8.87. The number of aromatic nitrogens is 1. The number of hydrogen-bond donors (Lipinski definition) is 1. The van der Waals surface area contributed by atoms with E-state index in [2.05, 4.69) is 10.3 Å². The molecule has 0 saturated carbocycles. The third-order valence-corrected chi connectivity index (χ3v) is 5.83. The second kappa shape index (κ2) is 8.80. The third kappa shape index (κ3) is 5.05. The molecule has 144 valence electrons. The van der Waals surface area contributed by atoms with Gasteiger partial charge in [0, 0.05) is 49.3 Å². The number of likely N-dealkylation sites (tertiary alicyclic amines) is 1. The number of nitrogens with zero attached hydrogens (tertiary/aromatic N) is 2. The van der Waals surface area contributed by atoms with Crippen LogP contribution in [0, 0.1) is 5.82 Å². The Kier molecular flexibility index (Phi) is 6.44. The van der Waals surface area contributed by atoms with E-state index >= 15 is 0 Å². The van der Waals surface area contributed by atoms with Gasteiger partial charge in [0.05, 0.1) is 16.3 Å². The number of rotatable bonds is 5. The van der Waals surface area contributed by atoms with Crippen LogP contribution in [-0.4, -0.2) is 41.3 Å². The van der Waals surface area contributed by atoms with E-state index in [4.69, 9.17) is 11.6 Å². The summed E-state index contributed by atoms with van der Waals surface area (Å²) in [5.41, 5.74) is 0.950. The summed E-state index contributed by atoms with van der Waals surface area (Å²) in [7, 11) is 0. The molecule has 0 unspecified atom stereocenters. The minimum atomic E-state index is -0.555. The molecular weight excluding hydrogens is 389 g/mol. The van der Waals surface area contributed by atoms with Gasteiger partial charge in [-0.05, 0) is 31.0 Å². The fourth-order valence-electron chi connectivity index (χ4n) is 3.19. The number of thiazole rings is 1. The number of benzene rings is 1. The molecule has 1 atom stereocenters. The molecule has 1 aliphatic rings. The number of carbonyl (C=O) groups excluding carboxylic acids is 2. The highest BCUT2D eigenvalue weighted by atomic mass is 35.5. The normalized spacial score (nSPS) is 17.0. The Hall–Kier alpha value is -1.99. The molecule has 27 heavy (non-hydrogen) atoms. The van der Waals surface area contributed by atoms with Crippen molar-refractivity contribution in [3.8, 4) is 0 Å². The van der Waals surface area contributed by atoms with E-state index in [1.165, 1.54) is 25.1 Å². The zero-order chi connectivity index (χ0) is 19.4. The molecule has 1 fully saturated rings. The number of nitrogens with one attached hydrogen (secondary N) is 1. The number of hydrogen-bond acceptors (Lipinski definition) is 4. The van der Waals surface area contributed by atoms with E-state index in [0.29, 0.717) is 31.1 Å². The van der Waals surface area contributed by atoms with Gasteiger partial charge in [-0.15, -0.1) is 11.3 Å². The van der Waals surface area contributed by atoms with Crippen molar-refractivity contribution in [3.05, 3.63) is 50.7 Å². The van der Waals surface area contributed by atoms with Crippen LogP contribution in [0.3, 0.4) is 0 Å². The van der Waals surface area contributed by atoms with Gasteiger partial charge >= 0.3 is 0 Å². The van der Waals surface area contributed by atoms with Crippen LogP contribution in [0.1, 0.15) is 46.7 Å². The molecule has 2 amide bonds. The van der Waals surface area contributed by atoms with Crippen molar-refractivity contribution in [1.29, 1.82) is 0 Å². The Balaban J connectivity index is 1.65. The fraction of sp³-hybridized carbons (Fsp3) is 0.421. The first-order valence-corrected chi connectivity index (χ1v) is 10.1.